The minimum Gasteiger partial charge on any atom is -0.271 e. The summed E-state index contributed by atoms with van der Waals surface area (Å²) in [5, 5.41) is 20.4. The number of anilines is 1. The first-order valence-electron chi connectivity index (χ1n) is 8.43. The lowest BCUT2D eigenvalue weighted by Crippen LogP contribution is -2.12. The number of nitrogens with zero attached hydrogens (tertiary/aromatic N) is 2. The second kappa shape index (κ2) is 8.74. The molecule has 0 spiro atoms. The van der Waals surface area contributed by atoms with Gasteiger partial charge in [0.2, 0.25) is 10.0 Å². The fourth-order valence-corrected chi connectivity index (χ4v) is 2.97. The molecule has 0 atom stereocenters. The Kier molecular flexibility index (Phi) is 6.65. The van der Waals surface area contributed by atoms with Crippen LogP contribution in [-0.2, 0) is 16.4 Å². The molecule has 9 heteroatoms. The number of aryl methyl sites for hydroxylation is 1. The summed E-state index contributed by atoms with van der Waals surface area (Å²) in [5.41, 5.74) is 5.05. The van der Waals surface area contributed by atoms with Crippen LogP contribution in [0.15, 0.2) is 52.5 Å². The number of nitrogens with two attached hydrogens (primary N) is 1. The predicted molar refractivity (Wildman–Crippen MR) is 105 cm³/mol. The zero-order chi connectivity index (χ0) is 20.0. The van der Waals surface area contributed by atoms with Gasteiger partial charge in [-0.05, 0) is 43.0 Å². The Bertz CT molecular complexity index is 954. The summed E-state index contributed by atoms with van der Waals surface area (Å²) in [7, 11) is -4.03. The number of nitro benzene ring substituents is 1. The van der Waals surface area contributed by atoms with Crippen LogP contribution in [0.5, 0.6) is 0 Å². The molecule has 2 rings (SSSR count). The van der Waals surface area contributed by atoms with Crippen LogP contribution in [0.1, 0.15) is 37.8 Å². The second-order valence-electron chi connectivity index (χ2n) is 6.09. The van der Waals surface area contributed by atoms with E-state index in [9.17, 15) is 18.5 Å². The molecule has 0 radical (unpaired) electrons. The second-order valence-corrected chi connectivity index (χ2v) is 7.65. The van der Waals surface area contributed by atoms with Gasteiger partial charge in [0.05, 0.1) is 15.5 Å². The van der Waals surface area contributed by atoms with Crippen molar-refractivity contribution in [2.24, 2.45) is 10.2 Å². The summed E-state index contributed by atoms with van der Waals surface area (Å²) >= 11 is 0. The van der Waals surface area contributed by atoms with Crippen LogP contribution in [0.25, 0.3) is 0 Å². The summed E-state index contributed by atoms with van der Waals surface area (Å²) in [6, 6.07) is 11.3. The molecule has 0 heterocycles. The van der Waals surface area contributed by atoms with Gasteiger partial charge >= 0.3 is 0 Å². The third-order valence-electron chi connectivity index (χ3n) is 4.03. The van der Waals surface area contributed by atoms with Crippen molar-refractivity contribution in [2.75, 3.05) is 5.43 Å². The van der Waals surface area contributed by atoms with Crippen LogP contribution in [0.3, 0.4) is 0 Å². The van der Waals surface area contributed by atoms with Crippen LogP contribution >= 0.6 is 0 Å². The zero-order valence-electron chi connectivity index (χ0n) is 15.2. The minimum absolute atomic E-state index is 0.0753. The number of hydrogen-bond donors (Lipinski definition) is 2. The molecule has 0 unspecified atom stereocenters. The largest absolute Gasteiger partial charge is 0.295 e. The van der Waals surface area contributed by atoms with Crippen molar-refractivity contribution in [1.82, 2.24) is 0 Å². The maximum absolute atomic E-state index is 11.4. The molecule has 0 fully saturated rings. The van der Waals surface area contributed by atoms with E-state index in [0.717, 1.165) is 30.9 Å². The van der Waals surface area contributed by atoms with Crippen molar-refractivity contribution < 1.29 is 13.3 Å². The number of rotatable bonds is 8. The maximum Gasteiger partial charge on any atom is 0.295 e. The van der Waals surface area contributed by atoms with Crippen LogP contribution < -0.4 is 10.6 Å². The Balaban J connectivity index is 2.22. The van der Waals surface area contributed by atoms with E-state index in [1.54, 1.807) is 6.92 Å². The van der Waals surface area contributed by atoms with Gasteiger partial charge in [-0.2, -0.15) is 5.10 Å². The van der Waals surface area contributed by atoms with Crippen molar-refractivity contribution in [1.29, 1.82) is 0 Å². The monoisotopic (exact) mass is 390 g/mol. The molecule has 0 amide bonds. The molecule has 27 heavy (non-hydrogen) atoms. The molecule has 2 aromatic carbocycles. The molecule has 0 saturated heterocycles. The molecule has 2 aromatic rings. The van der Waals surface area contributed by atoms with Crippen LogP contribution in [0.2, 0.25) is 0 Å². The van der Waals surface area contributed by atoms with Crippen molar-refractivity contribution in [3.05, 3.63) is 63.7 Å². The SMILES string of the molecule is CCCCc1ccc(/C(C)=N\Nc2ccc(S(N)(=O)=O)cc2[N+](=O)[O-])cc1. The number of primary sulfonamides is 1. The summed E-state index contributed by atoms with van der Waals surface area (Å²) in [4.78, 5) is 10.2. The van der Waals surface area contributed by atoms with Gasteiger partial charge in [-0.1, -0.05) is 37.6 Å². The molecular formula is C18H22N4O4S. The average molecular weight is 390 g/mol. The Morgan fingerprint density at radius 3 is 2.44 bits per heavy atom. The highest BCUT2D eigenvalue weighted by Gasteiger charge is 2.19. The Morgan fingerprint density at radius 2 is 1.89 bits per heavy atom. The standard InChI is InChI=1S/C18H22N4O4S/c1-3-4-5-14-6-8-15(9-7-14)13(2)20-21-17-11-10-16(27(19,25)26)12-18(17)22(23)24/h6-12,21H,3-5H2,1-2H3,(H2,19,25,26)/b20-13-. The lowest BCUT2D eigenvalue weighted by atomic mass is 10.0. The van der Waals surface area contributed by atoms with E-state index >= 15 is 0 Å². The van der Waals surface area contributed by atoms with Gasteiger partial charge in [-0.15, -0.1) is 0 Å². The van der Waals surface area contributed by atoms with Gasteiger partial charge in [0, 0.05) is 6.07 Å². The highest BCUT2D eigenvalue weighted by molar-refractivity contribution is 7.89. The predicted octanol–water partition coefficient (Wildman–Crippen LogP) is 3.42. The summed E-state index contributed by atoms with van der Waals surface area (Å²) < 4.78 is 22.7. The fraction of sp³-hybridized carbons (Fsp3) is 0.278. The number of hydrogen-bond acceptors (Lipinski definition) is 6. The highest BCUT2D eigenvalue weighted by atomic mass is 32.2. The van der Waals surface area contributed by atoms with Gasteiger partial charge in [-0.3, -0.25) is 15.5 Å². The van der Waals surface area contributed by atoms with E-state index in [1.807, 2.05) is 24.3 Å². The zero-order valence-corrected chi connectivity index (χ0v) is 16.0. The first-order chi connectivity index (χ1) is 12.7. The quantitative estimate of drug-likeness (QED) is 0.405. The Labute approximate surface area is 158 Å². The molecule has 0 saturated carbocycles. The molecule has 0 aliphatic rings. The highest BCUT2D eigenvalue weighted by Crippen LogP contribution is 2.27. The molecule has 0 aliphatic heterocycles. The van der Waals surface area contributed by atoms with Gasteiger partial charge in [0.1, 0.15) is 5.69 Å². The van der Waals surface area contributed by atoms with E-state index in [2.05, 4.69) is 17.5 Å². The summed E-state index contributed by atoms with van der Waals surface area (Å²) in [6.07, 6.45) is 3.29. The topological polar surface area (TPSA) is 128 Å². The van der Waals surface area contributed by atoms with Gasteiger partial charge in [0.25, 0.3) is 5.69 Å². The third kappa shape index (κ3) is 5.60. The average Bonchev–Trinajstić information content (AvgIpc) is 2.63. The molecular weight excluding hydrogens is 368 g/mol. The van der Waals surface area contributed by atoms with Crippen molar-refractivity contribution >= 4 is 27.1 Å². The molecule has 3 N–H and O–H groups in total. The lowest BCUT2D eigenvalue weighted by molar-refractivity contribution is -0.384. The van der Waals surface area contributed by atoms with Gasteiger partial charge < -0.3 is 0 Å². The van der Waals surface area contributed by atoms with E-state index in [-0.39, 0.29) is 10.6 Å². The molecule has 0 aromatic heterocycles. The van der Waals surface area contributed by atoms with Crippen LogP contribution in [-0.4, -0.2) is 19.1 Å². The number of nitrogens with one attached hydrogen (secondary N) is 1. The third-order valence-corrected chi connectivity index (χ3v) is 4.94. The summed E-state index contributed by atoms with van der Waals surface area (Å²) in [5.74, 6) is 0. The fourth-order valence-electron chi connectivity index (χ4n) is 2.44. The molecule has 144 valence electrons. The Morgan fingerprint density at radius 1 is 1.22 bits per heavy atom. The van der Waals surface area contributed by atoms with Crippen LogP contribution in [0.4, 0.5) is 11.4 Å². The molecule has 8 nitrogen and oxygen atoms in total. The number of unbranched alkanes of at least 4 members (excludes halogenated alkanes) is 1. The maximum atomic E-state index is 11.4. The van der Waals surface area contributed by atoms with E-state index < -0.39 is 20.6 Å². The normalized spacial score (nSPS) is 12.0. The van der Waals surface area contributed by atoms with Gasteiger partial charge in [0.15, 0.2) is 0 Å². The van der Waals surface area contributed by atoms with Crippen molar-refractivity contribution in [3.63, 3.8) is 0 Å². The molecule has 0 bridgehead atoms. The number of benzene rings is 2. The molecule has 0 aliphatic carbocycles. The van der Waals surface area contributed by atoms with Crippen molar-refractivity contribution in [3.8, 4) is 0 Å². The lowest BCUT2D eigenvalue weighted by Gasteiger charge is -2.07. The smallest absolute Gasteiger partial charge is 0.271 e. The van der Waals surface area contributed by atoms with Gasteiger partial charge in [-0.25, -0.2) is 13.6 Å². The number of sulfonamides is 1. The van der Waals surface area contributed by atoms with E-state index in [0.29, 0.717) is 5.71 Å². The number of nitro groups is 1. The Hall–Kier alpha value is -2.78. The van der Waals surface area contributed by atoms with Crippen LogP contribution in [0, 0.1) is 10.1 Å². The first-order valence-corrected chi connectivity index (χ1v) is 9.98. The minimum atomic E-state index is -4.03. The first kappa shape index (κ1) is 20.5. The van der Waals surface area contributed by atoms with E-state index in [1.165, 1.54) is 17.7 Å². The van der Waals surface area contributed by atoms with Crippen molar-refractivity contribution in [2.45, 2.75) is 38.0 Å². The van der Waals surface area contributed by atoms with E-state index in [4.69, 9.17) is 5.14 Å². The number of hydrazone groups is 1. The summed E-state index contributed by atoms with van der Waals surface area (Å²) in [6.45, 7) is 3.92.